The third kappa shape index (κ3) is 3.50. The summed E-state index contributed by atoms with van der Waals surface area (Å²) in [5.41, 5.74) is -3.63. The molecule has 0 bridgehead atoms. The van der Waals surface area contributed by atoms with Gasteiger partial charge in [-0.2, -0.15) is 13.2 Å². The molecule has 2 amide bonds. The second-order valence-electron chi connectivity index (χ2n) is 6.10. The molecule has 2 aromatic carbocycles. The van der Waals surface area contributed by atoms with Crippen LogP contribution < -0.4 is 10.6 Å². The van der Waals surface area contributed by atoms with Gasteiger partial charge in [-0.05, 0) is 17.7 Å². The number of benzene rings is 2. The SMILES string of the molecule is O=C1N[C@H](c2cccc(Cl)c2)[C@H](C(=O)c2ccccc2)[C@](O)(C(F)(F)F)N1. The molecule has 1 aliphatic heterocycles. The third-order valence-corrected chi connectivity index (χ3v) is 4.59. The van der Waals surface area contributed by atoms with E-state index in [0.29, 0.717) is 0 Å². The summed E-state index contributed by atoms with van der Waals surface area (Å²) in [6.45, 7) is 0. The van der Waals surface area contributed by atoms with Crippen molar-refractivity contribution in [2.45, 2.75) is 17.9 Å². The van der Waals surface area contributed by atoms with Crippen LogP contribution in [0.2, 0.25) is 5.02 Å². The van der Waals surface area contributed by atoms with Gasteiger partial charge in [0.05, 0.1) is 6.04 Å². The van der Waals surface area contributed by atoms with Gasteiger partial charge < -0.3 is 15.7 Å². The predicted molar refractivity (Wildman–Crippen MR) is 91.1 cm³/mol. The van der Waals surface area contributed by atoms with Crippen LogP contribution in [-0.4, -0.2) is 28.8 Å². The molecule has 1 fully saturated rings. The number of hydrogen-bond donors (Lipinski definition) is 3. The van der Waals surface area contributed by atoms with E-state index in [1.54, 1.807) is 6.07 Å². The smallest absolute Gasteiger partial charge is 0.363 e. The number of carbonyl (C=O) groups excluding carboxylic acids is 2. The van der Waals surface area contributed by atoms with Gasteiger partial charge in [-0.3, -0.25) is 4.79 Å². The molecule has 1 aliphatic rings. The molecular weight excluding hydrogens is 385 g/mol. The first-order chi connectivity index (χ1) is 12.6. The third-order valence-electron chi connectivity index (χ3n) is 4.35. The number of hydrogen-bond acceptors (Lipinski definition) is 3. The fourth-order valence-corrected chi connectivity index (χ4v) is 3.30. The van der Waals surface area contributed by atoms with Gasteiger partial charge in [0.2, 0.25) is 5.72 Å². The monoisotopic (exact) mass is 398 g/mol. The highest BCUT2D eigenvalue weighted by atomic mass is 35.5. The van der Waals surface area contributed by atoms with Crippen molar-refractivity contribution in [1.82, 2.24) is 10.6 Å². The fourth-order valence-electron chi connectivity index (χ4n) is 3.10. The van der Waals surface area contributed by atoms with E-state index in [1.165, 1.54) is 53.8 Å². The Morgan fingerprint density at radius 2 is 1.78 bits per heavy atom. The molecule has 3 rings (SSSR count). The lowest BCUT2D eigenvalue weighted by molar-refractivity contribution is -0.287. The van der Waals surface area contributed by atoms with Crippen LogP contribution >= 0.6 is 11.6 Å². The van der Waals surface area contributed by atoms with Crippen molar-refractivity contribution in [1.29, 1.82) is 0 Å². The van der Waals surface area contributed by atoms with E-state index in [1.807, 2.05) is 0 Å². The Bertz CT molecular complexity index is 876. The fraction of sp³-hybridized carbons (Fsp3) is 0.222. The summed E-state index contributed by atoms with van der Waals surface area (Å²) in [5.74, 6) is -3.05. The van der Waals surface area contributed by atoms with Gasteiger partial charge in [0.1, 0.15) is 5.92 Å². The summed E-state index contributed by atoms with van der Waals surface area (Å²) >= 11 is 5.91. The normalized spacial score (nSPS) is 25.4. The van der Waals surface area contributed by atoms with Crippen LogP contribution in [0, 0.1) is 5.92 Å². The van der Waals surface area contributed by atoms with E-state index in [-0.39, 0.29) is 16.1 Å². The van der Waals surface area contributed by atoms with Crippen molar-refractivity contribution < 1.29 is 27.9 Å². The molecule has 0 unspecified atom stereocenters. The van der Waals surface area contributed by atoms with Crippen LogP contribution in [0.4, 0.5) is 18.0 Å². The minimum absolute atomic E-state index is 0.0323. The number of rotatable bonds is 3. The standard InChI is InChI=1S/C18H14ClF3N2O3/c19-12-8-4-7-11(9-12)14-13(15(25)10-5-2-1-3-6-10)17(27,18(20,21)22)24-16(26)23-14/h1-9,13-14,27H,(H2,23,24,26)/t13-,14-,17+/m1/s1. The van der Waals surface area contributed by atoms with Gasteiger partial charge in [-0.1, -0.05) is 54.1 Å². The van der Waals surface area contributed by atoms with Gasteiger partial charge in [0.25, 0.3) is 0 Å². The second kappa shape index (κ2) is 6.86. The summed E-state index contributed by atoms with van der Waals surface area (Å²) < 4.78 is 41.2. The summed E-state index contributed by atoms with van der Waals surface area (Å²) in [6.07, 6.45) is -5.29. The van der Waals surface area contributed by atoms with Gasteiger partial charge in [-0.15, -0.1) is 0 Å². The number of amides is 2. The maximum absolute atomic E-state index is 13.7. The molecule has 0 saturated carbocycles. The maximum Gasteiger partial charge on any atom is 0.437 e. The summed E-state index contributed by atoms with van der Waals surface area (Å²) in [7, 11) is 0. The minimum atomic E-state index is -5.29. The molecule has 0 radical (unpaired) electrons. The Kier molecular flexibility index (Phi) is 4.88. The lowest BCUT2D eigenvalue weighted by Crippen LogP contribution is -2.72. The number of halogens is 4. The first-order valence-corrected chi connectivity index (χ1v) is 8.24. The Hall–Kier alpha value is -2.58. The largest absolute Gasteiger partial charge is 0.437 e. The average Bonchev–Trinajstić information content (AvgIpc) is 2.60. The first kappa shape index (κ1) is 19.2. The summed E-state index contributed by atoms with van der Waals surface area (Å²) in [4.78, 5) is 24.8. The van der Waals surface area contributed by atoms with Gasteiger partial charge >= 0.3 is 12.2 Å². The highest BCUT2D eigenvalue weighted by Crippen LogP contribution is 2.44. The molecule has 27 heavy (non-hydrogen) atoms. The number of urea groups is 1. The molecule has 1 saturated heterocycles. The van der Waals surface area contributed by atoms with E-state index < -0.39 is 35.7 Å². The molecule has 1 heterocycles. The quantitative estimate of drug-likeness (QED) is 0.693. The molecule has 0 aliphatic carbocycles. The van der Waals surface area contributed by atoms with Crippen molar-refractivity contribution in [3.63, 3.8) is 0 Å². The van der Waals surface area contributed by atoms with Crippen LogP contribution in [0.5, 0.6) is 0 Å². The van der Waals surface area contributed by atoms with Crippen LogP contribution in [0.15, 0.2) is 54.6 Å². The van der Waals surface area contributed by atoms with Crippen LogP contribution in [0.25, 0.3) is 0 Å². The molecular formula is C18H14ClF3N2O3. The van der Waals surface area contributed by atoms with Crippen LogP contribution in [0.3, 0.4) is 0 Å². The summed E-state index contributed by atoms with van der Waals surface area (Å²) in [5, 5.41) is 14.4. The van der Waals surface area contributed by atoms with E-state index in [0.717, 1.165) is 0 Å². The van der Waals surface area contributed by atoms with Crippen LogP contribution in [-0.2, 0) is 0 Å². The van der Waals surface area contributed by atoms with Gasteiger partial charge in [0.15, 0.2) is 5.78 Å². The molecule has 5 nitrogen and oxygen atoms in total. The zero-order valence-electron chi connectivity index (χ0n) is 13.6. The Balaban J connectivity index is 2.17. The Morgan fingerprint density at radius 3 is 2.37 bits per heavy atom. The molecule has 0 spiro atoms. The first-order valence-electron chi connectivity index (χ1n) is 7.86. The number of alkyl halides is 3. The Morgan fingerprint density at radius 1 is 1.11 bits per heavy atom. The van der Waals surface area contributed by atoms with E-state index in [4.69, 9.17) is 11.6 Å². The van der Waals surface area contributed by atoms with Crippen molar-refractivity contribution >= 4 is 23.4 Å². The molecule has 142 valence electrons. The van der Waals surface area contributed by atoms with Crippen molar-refractivity contribution in [2.24, 2.45) is 5.92 Å². The average molecular weight is 399 g/mol. The molecule has 9 heteroatoms. The zero-order valence-corrected chi connectivity index (χ0v) is 14.4. The number of ketones is 1. The number of nitrogens with one attached hydrogen (secondary N) is 2. The highest BCUT2D eigenvalue weighted by Gasteiger charge is 2.66. The van der Waals surface area contributed by atoms with Crippen molar-refractivity contribution in [2.75, 3.05) is 0 Å². The summed E-state index contributed by atoms with van der Waals surface area (Å²) in [6, 6.07) is 10.3. The number of Topliss-reactive ketones (excluding diaryl/α,β-unsaturated/α-hetero) is 1. The van der Waals surface area contributed by atoms with E-state index >= 15 is 0 Å². The molecule has 3 N–H and O–H groups in total. The van der Waals surface area contributed by atoms with Gasteiger partial charge in [0, 0.05) is 10.6 Å². The molecule has 3 atom stereocenters. The topological polar surface area (TPSA) is 78.4 Å². The Labute approximate surface area is 157 Å². The second-order valence-corrected chi connectivity index (χ2v) is 6.54. The number of aliphatic hydroxyl groups is 1. The lowest BCUT2D eigenvalue weighted by Gasteiger charge is -2.45. The zero-order chi connectivity index (χ0) is 19.8. The lowest BCUT2D eigenvalue weighted by atomic mass is 9.77. The highest BCUT2D eigenvalue weighted by molar-refractivity contribution is 6.30. The minimum Gasteiger partial charge on any atom is -0.363 e. The van der Waals surface area contributed by atoms with E-state index in [9.17, 15) is 27.9 Å². The maximum atomic E-state index is 13.7. The molecule has 2 aromatic rings. The van der Waals surface area contributed by atoms with Gasteiger partial charge in [-0.25, -0.2) is 4.79 Å². The van der Waals surface area contributed by atoms with Crippen molar-refractivity contribution in [3.05, 3.63) is 70.7 Å². The van der Waals surface area contributed by atoms with Crippen LogP contribution in [0.1, 0.15) is 22.0 Å². The predicted octanol–water partition coefficient (Wildman–Crippen LogP) is 3.44. The number of carbonyl (C=O) groups is 2. The molecule has 0 aromatic heterocycles. The van der Waals surface area contributed by atoms with Crippen molar-refractivity contribution in [3.8, 4) is 0 Å². The van der Waals surface area contributed by atoms with E-state index in [2.05, 4.69) is 5.32 Å².